The monoisotopic (exact) mass is 344 g/mol. The quantitative estimate of drug-likeness (QED) is 0.531. The number of halogens is 5. The van der Waals surface area contributed by atoms with Gasteiger partial charge in [0.25, 0.3) is 0 Å². The molecular formula is C10H21Cl5N2. The number of nitrogens with zero attached hydrogens (tertiary/aromatic N) is 2. The fraction of sp³-hybridized carbons (Fsp3) is 1.00. The van der Waals surface area contributed by atoms with E-state index in [1.165, 1.54) is 0 Å². The van der Waals surface area contributed by atoms with Crippen LogP contribution in [-0.2, 0) is 0 Å². The van der Waals surface area contributed by atoms with E-state index in [-0.39, 0.29) is 12.4 Å². The third-order valence-electron chi connectivity index (χ3n) is 2.34. The number of hydrogen-bond acceptors (Lipinski definition) is 2. The van der Waals surface area contributed by atoms with Crippen LogP contribution >= 0.6 is 58.8 Å². The van der Waals surface area contributed by atoms with Crippen molar-refractivity contribution in [3.63, 3.8) is 0 Å². The molecule has 0 heterocycles. The van der Waals surface area contributed by atoms with Crippen molar-refractivity contribution < 1.29 is 0 Å². The van der Waals surface area contributed by atoms with Crippen molar-refractivity contribution in [1.29, 1.82) is 0 Å². The summed E-state index contributed by atoms with van der Waals surface area (Å²) < 4.78 is 0. The highest BCUT2D eigenvalue weighted by molar-refractivity contribution is 6.18. The minimum atomic E-state index is 0. The van der Waals surface area contributed by atoms with Crippen molar-refractivity contribution in [2.75, 3.05) is 62.8 Å². The van der Waals surface area contributed by atoms with Crippen LogP contribution in [0.2, 0.25) is 0 Å². The Labute approximate surface area is 131 Å². The Kier molecular flexibility index (Phi) is 18.8. The third-order valence-corrected chi connectivity index (χ3v) is 3.01. The highest BCUT2D eigenvalue weighted by Gasteiger charge is 2.07. The van der Waals surface area contributed by atoms with E-state index in [1.54, 1.807) is 0 Å². The van der Waals surface area contributed by atoms with Gasteiger partial charge in [0.1, 0.15) is 0 Å². The van der Waals surface area contributed by atoms with Crippen molar-refractivity contribution in [3.8, 4) is 0 Å². The summed E-state index contributed by atoms with van der Waals surface area (Å²) in [5, 5.41) is 0. The zero-order valence-electron chi connectivity index (χ0n) is 9.89. The van der Waals surface area contributed by atoms with Crippen LogP contribution in [0.4, 0.5) is 0 Å². The van der Waals surface area contributed by atoms with Crippen molar-refractivity contribution in [1.82, 2.24) is 9.80 Å². The highest BCUT2D eigenvalue weighted by Crippen LogP contribution is 1.96. The van der Waals surface area contributed by atoms with Gasteiger partial charge in [0.05, 0.1) is 0 Å². The average molecular weight is 347 g/mol. The predicted octanol–water partition coefficient (Wildman–Crippen LogP) is 2.97. The standard InChI is InChI=1S/C10H20Cl4N2.ClH/c11-1-5-15(6-2-12)9-10-16(7-3-13)8-4-14;/h1-10H2;1H. The lowest BCUT2D eigenvalue weighted by Crippen LogP contribution is -2.38. The first-order valence-electron chi connectivity index (χ1n) is 5.47. The Hall–Kier alpha value is 1.37. The van der Waals surface area contributed by atoms with Crippen LogP contribution in [0.25, 0.3) is 0 Å². The second kappa shape index (κ2) is 15.4. The number of hydrogen-bond donors (Lipinski definition) is 0. The molecule has 0 aromatic carbocycles. The van der Waals surface area contributed by atoms with Crippen LogP contribution in [0.3, 0.4) is 0 Å². The molecule has 106 valence electrons. The maximum Gasteiger partial charge on any atom is 0.0351 e. The molecule has 0 bridgehead atoms. The summed E-state index contributed by atoms with van der Waals surface area (Å²) in [6.07, 6.45) is 0. The first-order valence-corrected chi connectivity index (χ1v) is 7.60. The fourth-order valence-electron chi connectivity index (χ4n) is 1.43. The summed E-state index contributed by atoms with van der Waals surface area (Å²) in [7, 11) is 0. The van der Waals surface area contributed by atoms with Gasteiger partial charge in [0.2, 0.25) is 0 Å². The predicted molar refractivity (Wildman–Crippen MR) is 83.0 cm³/mol. The van der Waals surface area contributed by atoms with Crippen LogP contribution in [0.5, 0.6) is 0 Å². The summed E-state index contributed by atoms with van der Waals surface area (Å²) in [5.41, 5.74) is 0. The lowest BCUT2D eigenvalue weighted by atomic mass is 10.4. The smallest absolute Gasteiger partial charge is 0.0351 e. The maximum absolute atomic E-state index is 5.73. The van der Waals surface area contributed by atoms with Gasteiger partial charge in [-0.25, -0.2) is 0 Å². The van der Waals surface area contributed by atoms with Gasteiger partial charge >= 0.3 is 0 Å². The first-order chi connectivity index (χ1) is 7.78. The Morgan fingerprint density at radius 2 is 0.706 bits per heavy atom. The molecule has 0 aliphatic rings. The minimum Gasteiger partial charge on any atom is -0.300 e. The molecule has 0 atom stereocenters. The maximum atomic E-state index is 5.73. The van der Waals surface area contributed by atoms with Gasteiger partial charge in [-0.15, -0.1) is 58.8 Å². The summed E-state index contributed by atoms with van der Waals surface area (Å²) in [5.74, 6) is 2.56. The average Bonchev–Trinajstić information content (AvgIpc) is 2.27. The fourth-order valence-corrected chi connectivity index (χ4v) is 2.39. The van der Waals surface area contributed by atoms with E-state index >= 15 is 0 Å². The Morgan fingerprint density at radius 1 is 0.471 bits per heavy atom. The second-order valence-electron chi connectivity index (χ2n) is 3.44. The van der Waals surface area contributed by atoms with E-state index in [4.69, 9.17) is 46.4 Å². The molecular weight excluding hydrogens is 325 g/mol. The molecule has 0 saturated heterocycles. The van der Waals surface area contributed by atoms with E-state index in [0.717, 1.165) is 39.3 Å². The molecule has 0 fully saturated rings. The van der Waals surface area contributed by atoms with Gasteiger partial charge in [0.15, 0.2) is 0 Å². The molecule has 0 radical (unpaired) electrons. The van der Waals surface area contributed by atoms with Gasteiger partial charge in [-0.2, -0.15) is 0 Å². The highest BCUT2D eigenvalue weighted by atomic mass is 35.5. The molecule has 0 spiro atoms. The van der Waals surface area contributed by atoms with E-state index in [1.807, 2.05) is 0 Å². The molecule has 7 heteroatoms. The zero-order valence-corrected chi connectivity index (χ0v) is 13.7. The normalized spacial score (nSPS) is 10.9. The SMILES string of the molecule is Cl.ClCCN(CCCl)CCN(CCCl)CCCl. The van der Waals surface area contributed by atoms with Crippen molar-refractivity contribution in [3.05, 3.63) is 0 Å². The number of alkyl halides is 4. The first kappa shape index (κ1) is 20.7. The van der Waals surface area contributed by atoms with Crippen LogP contribution in [-0.4, -0.2) is 72.6 Å². The Balaban J connectivity index is 0. The van der Waals surface area contributed by atoms with Gasteiger partial charge in [-0.05, 0) is 0 Å². The molecule has 0 unspecified atom stereocenters. The molecule has 0 aliphatic carbocycles. The van der Waals surface area contributed by atoms with E-state index in [9.17, 15) is 0 Å². The molecule has 0 rings (SSSR count). The second-order valence-corrected chi connectivity index (χ2v) is 4.95. The molecule has 0 saturated carbocycles. The zero-order chi connectivity index (χ0) is 12.2. The Bertz CT molecular complexity index is 123. The largest absolute Gasteiger partial charge is 0.300 e. The molecule has 0 aliphatic heterocycles. The summed E-state index contributed by atoms with van der Waals surface area (Å²) in [4.78, 5) is 4.52. The molecule has 17 heavy (non-hydrogen) atoms. The van der Waals surface area contributed by atoms with Crippen LogP contribution in [0, 0.1) is 0 Å². The van der Waals surface area contributed by atoms with E-state index in [0.29, 0.717) is 23.5 Å². The van der Waals surface area contributed by atoms with Crippen molar-refractivity contribution >= 4 is 58.8 Å². The van der Waals surface area contributed by atoms with Crippen LogP contribution in [0.15, 0.2) is 0 Å². The summed E-state index contributed by atoms with van der Waals surface area (Å²) in [6.45, 7) is 5.45. The van der Waals surface area contributed by atoms with Gasteiger partial charge in [-0.3, -0.25) is 9.80 Å². The summed E-state index contributed by atoms with van der Waals surface area (Å²) >= 11 is 22.9. The summed E-state index contributed by atoms with van der Waals surface area (Å²) in [6, 6.07) is 0. The third kappa shape index (κ3) is 12.2. The van der Waals surface area contributed by atoms with Gasteiger partial charge < -0.3 is 0 Å². The lowest BCUT2D eigenvalue weighted by molar-refractivity contribution is 0.230. The van der Waals surface area contributed by atoms with Crippen LogP contribution in [0.1, 0.15) is 0 Å². The molecule has 0 N–H and O–H groups in total. The molecule has 0 aromatic heterocycles. The van der Waals surface area contributed by atoms with E-state index in [2.05, 4.69) is 9.80 Å². The number of rotatable bonds is 11. The Morgan fingerprint density at radius 3 is 0.882 bits per heavy atom. The van der Waals surface area contributed by atoms with Crippen LogP contribution < -0.4 is 0 Å². The molecule has 2 nitrogen and oxygen atoms in total. The van der Waals surface area contributed by atoms with Gasteiger partial charge in [0, 0.05) is 62.8 Å². The van der Waals surface area contributed by atoms with Crippen molar-refractivity contribution in [2.24, 2.45) is 0 Å². The van der Waals surface area contributed by atoms with E-state index < -0.39 is 0 Å². The topological polar surface area (TPSA) is 6.48 Å². The minimum absolute atomic E-state index is 0. The molecule has 0 amide bonds. The molecule has 0 aromatic rings. The van der Waals surface area contributed by atoms with Gasteiger partial charge in [-0.1, -0.05) is 0 Å². The lowest BCUT2D eigenvalue weighted by Gasteiger charge is -2.25. The van der Waals surface area contributed by atoms with Crippen molar-refractivity contribution in [2.45, 2.75) is 0 Å².